The van der Waals surface area contributed by atoms with Crippen molar-refractivity contribution in [2.75, 3.05) is 0 Å². The maximum atomic E-state index is 3.78. The molecule has 0 aliphatic carbocycles. The first-order valence-corrected chi connectivity index (χ1v) is 3.71. The fraction of sp³-hybridized carbons (Fsp3) is 0.875. The van der Waals surface area contributed by atoms with E-state index in [1.165, 1.54) is 32.1 Å². The summed E-state index contributed by atoms with van der Waals surface area (Å²) in [6.45, 7) is 6.02. The van der Waals surface area contributed by atoms with Crippen molar-refractivity contribution in [3.8, 4) is 0 Å². The summed E-state index contributed by atoms with van der Waals surface area (Å²) in [4.78, 5) is 0. The van der Waals surface area contributed by atoms with E-state index in [-0.39, 0.29) is 0 Å². The molecule has 0 fully saturated rings. The topological polar surface area (TPSA) is 0 Å². The monoisotopic (exact) mass is 113 g/mol. The predicted molar refractivity (Wildman–Crippen MR) is 38.7 cm³/mol. The molecule has 0 saturated heterocycles. The summed E-state index contributed by atoms with van der Waals surface area (Å²) in [5, 5.41) is 0. The lowest BCUT2D eigenvalue weighted by atomic mass is 10.1. The molecular weight excluding hydrogens is 96.1 g/mol. The van der Waals surface area contributed by atoms with Gasteiger partial charge < -0.3 is 6.92 Å². The second-order valence-electron chi connectivity index (χ2n) is 2.27. The summed E-state index contributed by atoms with van der Waals surface area (Å²) >= 11 is 0. The van der Waals surface area contributed by atoms with E-state index >= 15 is 0 Å². The van der Waals surface area contributed by atoms with Crippen molar-refractivity contribution in [3.05, 3.63) is 6.92 Å². The molecule has 0 unspecified atom stereocenters. The number of rotatable bonds is 5. The van der Waals surface area contributed by atoms with Gasteiger partial charge in [0, 0.05) is 0 Å². The van der Waals surface area contributed by atoms with E-state index < -0.39 is 0 Å². The second-order valence-corrected chi connectivity index (χ2v) is 2.27. The Kier molecular flexibility index (Phi) is 7.00. The van der Waals surface area contributed by atoms with E-state index in [1.54, 1.807) is 0 Å². The lowest BCUT2D eigenvalue weighted by Crippen LogP contribution is -1.74. The van der Waals surface area contributed by atoms with Crippen LogP contribution in [0.1, 0.15) is 45.4 Å². The highest BCUT2D eigenvalue weighted by molar-refractivity contribution is 4.43. The van der Waals surface area contributed by atoms with E-state index in [2.05, 4.69) is 13.8 Å². The molecule has 0 aromatic rings. The molecule has 0 aliphatic rings. The van der Waals surface area contributed by atoms with Gasteiger partial charge in [0.1, 0.15) is 0 Å². The van der Waals surface area contributed by atoms with Crippen LogP contribution in [0.4, 0.5) is 0 Å². The Balaban J connectivity index is 2.53. The third-order valence-corrected chi connectivity index (χ3v) is 1.35. The van der Waals surface area contributed by atoms with Crippen molar-refractivity contribution in [2.24, 2.45) is 0 Å². The maximum Gasteiger partial charge on any atom is -0.0534 e. The zero-order valence-electron chi connectivity index (χ0n) is 5.95. The minimum atomic E-state index is 1.11. The third-order valence-electron chi connectivity index (χ3n) is 1.35. The molecule has 0 nitrogen and oxygen atoms in total. The molecule has 0 heteroatoms. The van der Waals surface area contributed by atoms with Gasteiger partial charge in [-0.3, -0.25) is 0 Å². The minimum Gasteiger partial charge on any atom is -0.343 e. The van der Waals surface area contributed by atoms with Crippen molar-refractivity contribution in [2.45, 2.75) is 45.4 Å². The summed E-state index contributed by atoms with van der Waals surface area (Å²) in [5.41, 5.74) is 0. The number of hydrogen-bond donors (Lipinski definition) is 0. The quantitative estimate of drug-likeness (QED) is 0.379. The highest BCUT2D eigenvalue weighted by Gasteiger charge is 1.81. The van der Waals surface area contributed by atoms with Gasteiger partial charge in [-0.2, -0.15) is 6.42 Å². The molecular formula is C8H17-. The highest BCUT2D eigenvalue weighted by atomic mass is 13.9. The zero-order chi connectivity index (χ0) is 6.24. The second kappa shape index (κ2) is 7.00. The largest absolute Gasteiger partial charge is 0.343 e. The Hall–Kier alpha value is 0. The zero-order valence-corrected chi connectivity index (χ0v) is 5.95. The molecule has 0 amide bonds. The van der Waals surface area contributed by atoms with E-state index in [0.29, 0.717) is 0 Å². The van der Waals surface area contributed by atoms with E-state index in [1.807, 2.05) is 0 Å². The van der Waals surface area contributed by atoms with Crippen LogP contribution < -0.4 is 0 Å². The lowest BCUT2D eigenvalue weighted by molar-refractivity contribution is 0.637. The van der Waals surface area contributed by atoms with Crippen molar-refractivity contribution < 1.29 is 0 Å². The van der Waals surface area contributed by atoms with Gasteiger partial charge in [0.15, 0.2) is 0 Å². The van der Waals surface area contributed by atoms with Gasteiger partial charge in [-0.1, -0.05) is 39.0 Å². The summed E-state index contributed by atoms with van der Waals surface area (Å²) < 4.78 is 0. The van der Waals surface area contributed by atoms with Crippen LogP contribution in [-0.4, -0.2) is 0 Å². The van der Waals surface area contributed by atoms with E-state index in [0.717, 1.165) is 6.42 Å². The van der Waals surface area contributed by atoms with Crippen LogP contribution >= 0.6 is 0 Å². The molecule has 0 aliphatic heterocycles. The van der Waals surface area contributed by atoms with Gasteiger partial charge in [0.25, 0.3) is 0 Å². The van der Waals surface area contributed by atoms with Crippen molar-refractivity contribution in [3.63, 3.8) is 0 Å². The van der Waals surface area contributed by atoms with Gasteiger partial charge in [0.2, 0.25) is 0 Å². The summed E-state index contributed by atoms with van der Waals surface area (Å²) in [5.74, 6) is 0. The van der Waals surface area contributed by atoms with Crippen molar-refractivity contribution in [1.29, 1.82) is 0 Å². The molecule has 0 atom stereocenters. The van der Waals surface area contributed by atoms with Crippen LogP contribution in [-0.2, 0) is 0 Å². The summed E-state index contributed by atoms with van der Waals surface area (Å²) in [6.07, 6.45) is 7.98. The predicted octanol–water partition coefficient (Wildman–Crippen LogP) is 3.18. The average molecular weight is 113 g/mol. The molecule has 0 bridgehead atoms. The SMILES string of the molecule is [CH2-]CCCCCCC. The molecule has 0 spiro atoms. The van der Waals surface area contributed by atoms with Crippen molar-refractivity contribution >= 4 is 0 Å². The van der Waals surface area contributed by atoms with Crippen LogP contribution in [0.5, 0.6) is 0 Å². The smallest absolute Gasteiger partial charge is 0.0534 e. The van der Waals surface area contributed by atoms with Gasteiger partial charge in [-0.05, 0) is 0 Å². The van der Waals surface area contributed by atoms with Crippen LogP contribution in [0.15, 0.2) is 0 Å². The van der Waals surface area contributed by atoms with E-state index in [4.69, 9.17) is 0 Å². The van der Waals surface area contributed by atoms with Gasteiger partial charge in [-0.15, -0.1) is 0 Å². The molecule has 0 aromatic carbocycles. The minimum absolute atomic E-state index is 1.11. The van der Waals surface area contributed by atoms with Gasteiger partial charge >= 0.3 is 0 Å². The summed E-state index contributed by atoms with van der Waals surface area (Å²) in [7, 11) is 0. The molecule has 50 valence electrons. The normalized spacial score (nSPS) is 9.75. The van der Waals surface area contributed by atoms with Crippen molar-refractivity contribution in [1.82, 2.24) is 0 Å². The molecule has 0 aromatic heterocycles. The maximum absolute atomic E-state index is 3.78. The first kappa shape index (κ1) is 8.00. The van der Waals surface area contributed by atoms with Gasteiger partial charge in [-0.25, -0.2) is 0 Å². The lowest BCUT2D eigenvalue weighted by Gasteiger charge is -1.96. The third kappa shape index (κ3) is 6.00. The Morgan fingerprint density at radius 1 is 1.00 bits per heavy atom. The highest BCUT2D eigenvalue weighted by Crippen LogP contribution is 2.03. The Labute approximate surface area is 53.3 Å². The fourth-order valence-electron chi connectivity index (χ4n) is 0.780. The molecule has 0 N–H and O–H groups in total. The fourth-order valence-corrected chi connectivity index (χ4v) is 0.780. The first-order valence-electron chi connectivity index (χ1n) is 3.71. The number of hydrogen-bond acceptors (Lipinski definition) is 0. The first-order chi connectivity index (χ1) is 3.91. The summed E-state index contributed by atoms with van der Waals surface area (Å²) in [6, 6.07) is 0. The Bertz CT molecular complexity index is 25.0. The Morgan fingerprint density at radius 3 is 2.12 bits per heavy atom. The average Bonchev–Trinajstić information content (AvgIpc) is 1.81. The molecule has 0 heterocycles. The standard InChI is InChI=1S/C8H17/c1-3-5-7-8-6-4-2/h1,3-8H2,2H3/q-1. The van der Waals surface area contributed by atoms with Crippen LogP contribution in [0.25, 0.3) is 0 Å². The molecule has 0 radical (unpaired) electrons. The molecule has 8 heavy (non-hydrogen) atoms. The van der Waals surface area contributed by atoms with Crippen LogP contribution in [0.2, 0.25) is 0 Å². The van der Waals surface area contributed by atoms with Crippen LogP contribution in [0, 0.1) is 6.92 Å². The number of unbranched alkanes of at least 4 members (excludes halogenated alkanes) is 5. The molecule has 0 rings (SSSR count). The Morgan fingerprint density at radius 2 is 1.62 bits per heavy atom. The molecule has 0 saturated carbocycles. The van der Waals surface area contributed by atoms with E-state index in [9.17, 15) is 0 Å². The van der Waals surface area contributed by atoms with Gasteiger partial charge in [0.05, 0.1) is 0 Å². The van der Waals surface area contributed by atoms with Crippen LogP contribution in [0.3, 0.4) is 0 Å².